The Morgan fingerprint density at radius 1 is 1.22 bits per heavy atom. The van der Waals surface area contributed by atoms with Gasteiger partial charge in [0.2, 0.25) is 0 Å². The molecule has 0 radical (unpaired) electrons. The minimum absolute atomic E-state index is 0.0303. The zero-order valence-corrected chi connectivity index (χ0v) is 13.9. The van der Waals surface area contributed by atoms with Crippen LogP contribution in [0.2, 0.25) is 0 Å². The van der Waals surface area contributed by atoms with E-state index in [0.29, 0.717) is 11.3 Å². The summed E-state index contributed by atoms with van der Waals surface area (Å²) >= 11 is 0. The van der Waals surface area contributed by atoms with Gasteiger partial charge in [-0.3, -0.25) is 0 Å². The molecule has 0 aromatic heterocycles. The van der Waals surface area contributed by atoms with Gasteiger partial charge in [-0.25, -0.2) is 4.79 Å². The summed E-state index contributed by atoms with van der Waals surface area (Å²) in [6.45, 7) is 8.80. The summed E-state index contributed by atoms with van der Waals surface area (Å²) in [5, 5.41) is 9.91. The Hall–Kier alpha value is -2.33. The topological polar surface area (TPSA) is 55.8 Å². The molecule has 0 heterocycles. The molecular weight excluding hydrogens is 292 g/mol. The van der Waals surface area contributed by atoms with E-state index in [9.17, 15) is 9.90 Å². The van der Waals surface area contributed by atoms with Crippen LogP contribution in [0.1, 0.15) is 31.9 Å². The van der Waals surface area contributed by atoms with Gasteiger partial charge >= 0.3 is 5.97 Å². The van der Waals surface area contributed by atoms with Crippen molar-refractivity contribution in [3.8, 4) is 5.75 Å². The lowest BCUT2D eigenvalue weighted by molar-refractivity contribution is -0.142. The van der Waals surface area contributed by atoms with E-state index in [4.69, 9.17) is 9.47 Å². The molecule has 1 aromatic carbocycles. The van der Waals surface area contributed by atoms with E-state index in [1.54, 1.807) is 6.92 Å². The molecule has 0 aliphatic rings. The Kier molecular flexibility index (Phi) is 7.84. The first-order chi connectivity index (χ1) is 11.0. The van der Waals surface area contributed by atoms with Crippen molar-refractivity contribution in [1.82, 2.24) is 0 Å². The van der Waals surface area contributed by atoms with Crippen molar-refractivity contribution >= 4 is 18.1 Å². The van der Waals surface area contributed by atoms with E-state index in [2.05, 4.69) is 6.58 Å². The second-order valence-electron chi connectivity index (χ2n) is 5.11. The van der Waals surface area contributed by atoms with Crippen LogP contribution in [-0.2, 0) is 9.53 Å². The van der Waals surface area contributed by atoms with Gasteiger partial charge in [0.1, 0.15) is 25.1 Å². The first-order valence-electron chi connectivity index (χ1n) is 7.51. The SMILES string of the molecule is C=C(C)C(=O)OCC(O)COc1c(C=CC)cccc1C=CC. The molecule has 0 bridgehead atoms. The molecule has 0 amide bonds. The highest BCUT2D eigenvalue weighted by molar-refractivity contribution is 5.86. The molecular formula is C19H24O4. The zero-order chi connectivity index (χ0) is 17.2. The fourth-order valence-corrected chi connectivity index (χ4v) is 1.88. The van der Waals surface area contributed by atoms with Gasteiger partial charge in [-0.2, -0.15) is 0 Å². The van der Waals surface area contributed by atoms with E-state index < -0.39 is 12.1 Å². The summed E-state index contributed by atoms with van der Waals surface area (Å²) in [4.78, 5) is 11.3. The Morgan fingerprint density at radius 3 is 2.26 bits per heavy atom. The lowest BCUT2D eigenvalue weighted by atomic mass is 10.1. The maximum atomic E-state index is 11.3. The van der Waals surface area contributed by atoms with Crippen LogP contribution in [-0.4, -0.2) is 30.4 Å². The summed E-state index contributed by atoms with van der Waals surface area (Å²) in [6, 6.07) is 5.83. The normalized spacial score (nSPS) is 12.5. The minimum Gasteiger partial charge on any atom is -0.489 e. The Morgan fingerprint density at radius 2 is 1.78 bits per heavy atom. The third-order valence-electron chi connectivity index (χ3n) is 2.94. The standard InChI is InChI=1S/C19H24O4/c1-5-8-15-10-7-11-16(9-6-2)18(15)22-12-17(20)13-23-19(21)14(3)4/h5-11,17,20H,3,12-13H2,1-2,4H3. The summed E-state index contributed by atoms with van der Waals surface area (Å²) in [7, 11) is 0. The quantitative estimate of drug-likeness (QED) is 0.588. The minimum atomic E-state index is -0.907. The van der Waals surface area contributed by atoms with Gasteiger partial charge in [-0.05, 0) is 20.8 Å². The van der Waals surface area contributed by atoms with Crippen LogP contribution in [0.4, 0.5) is 0 Å². The maximum Gasteiger partial charge on any atom is 0.333 e. The number of esters is 1. The first kappa shape index (κ1) is 18.7. The predicted molar refractivity (Wildman–Crippen MR) is 93.1 cm³/mol. The van der Waals surface area contributed by atoms with Crippen molar-refractivity contribution in [2.75, 3.05) is 13.2 Å². The molecule has 0 aliphatic carbocycles. The summed E-state index contributed by atoms with van der Waals surface area (Å²) in [5.41, 5.74) is 2.15. The molecule has 4 nitrogen and oxygen atoms in total. The fraction of sp³-hybridized carbons (Fsp3) is 0.316. The van der Waals surface area contributed by atoms with Crippen LogP contribution in [0.15, 0.2) is 42.5 Å². The average molecular weight is 316 g/mol. The molecule has 1 rings (SSSR count). The number of aliphatic hydroxyl groups is 1. The smallest absolute Gasteiger partial charge is 0.333 e. The number of hydrogen-bond donors (Lipinski definition) is 1. The van der Waals surface area contributed by atoms with Crippen molar-refractivity contribution in [2.24, 2.45) is 0 Å². The second kappa shape index (κ2) is 9.64. The molecule has 1 aromatic rings. The van der Waals surface area contributed by atoms with E-state index in [-0.39, 0.29) is 13.2 Å². The number of rotatable bonds is 8. The molecule has 0 fully saturated rings. The molecule has 4 heteroatoms. The number of carbonyl (C=O) groups is 1. The van der Waals surface area contributed by atoms with Gasteiger partial charge in [0.05, 0.1) is 0 Å². The average Bonchev–Trinajstić information content (AvgIpc) is 2.52. The van der Waals surface area contributed by atoms with Crippen LogP contribution < -0.4 is 4.74 Å². The molecule has 0 saturated carbocycles. The van der Waals surface area contributed by atoms with Crippen molar-refractivity contribution < 1.29 is 19.4 Å². The monoisotopic (exact) mass is 316 g/mol. The number of benzene rings is 1. The van der Waals surface area contributed by atoms with Crippen LogP contribution in [0.5, 0.6) is 5.75 Å². The van der Waals surface area contributed by atoms with Crippen molar-refractivity contribution in [3.05, 3.63) is 53.6 Å². The number of hydrogen-bond acceptors (Lipinski definition) is 4. The van der Waals surface area contributed by atoms with Gasteiger partial charge in [0, 0.05) is 16.7 Å². The number of para-hydroxylation sites is 1. The molecule has 1 atom stereocenters. The van der Waals surface area contributed by atoms with E-state index in [1.807, 2.05) is 56.4 Å². The van der Waals surface area contributed by atoms with Gasteiger partial charge in [0.15, 0.2) is 0 Å². The van der Waals surface area contributed by atoms with E-state index in [1.165, 1.54) is 0 Å². The number of ether oxygens (including phenoxy) is 2. The molecule has 1 N–H and O–H groups in total. The Labute approximate surface area is 137 Å². The van der Waals surface area contributed by atoms with Gasteiger partial charge in [-0.15, -0.1) is 0 Å². The molecule has 1 unspecified atom stereocenters. The number of allylic oxidation sites excluding steroid dienone is 2. The lowest BCUT2D eigenvalue weighted by Gasteiger charge is -2.16. The van der Waals surface area contributed by atoms with Crippen molar-refractivity contribution in [3.63, 3.8) is 0 Å². The van der Waals surface area contributed by atoms with Gasteiger partial charge < -0.3 is 14.6 Å². The maximum absolute atomic E-state index is 11.3. The Balaban J connectivity index is 2.75. The van der Waals surface area contributed by atoms with Crippen LogP contribution in [0, 0.1) is 0 Å². The molecule has 0 aliphatic heterocycles. The van der Waals surface area contributed by atoms with Crippen molar-refractivity contribution in [1.29, 1.82) is 0 Å². The number of aliphatic hydroxyl groups excluding tert-OH is 1. The highest BCUT2D eigenvalue weighted by atomic mass is 16.5. The summed E-state index contributed by atoms with van der Waals surface area (Å²) in [6.07, 6.45) is 6.82. The lowest BCUT2D eigenvalue weighted by Crippen LogP contribution is -2.25. The van der Waals surface area contributed by atoms with E-state index in [0.717, 1.165) is 11.1 Å². The van der Waals surface area contributed by atoms with Gasteiger partial charge in [-0.1, -0.05) is 49.1 Å². The summed E-state index contributed by atoms with van der Waals surface area (Å²) < 4.78 is 10.7. The second-order valence-corrected chi connectivity index (χ2v) is 5.11. The highest BCUT2D eigenvalue weighted by Crippen LogP contribution is 2.27. The van der Waals surface area contributed by atoms with Crippen LogP contribution in [0.3, 0.4) is 0 Å². The highest BCUT2D eigenvalue weighted by Gasteiger charge is 2.12. The number of carbonyl (C=O) groups excluding carboxylic acids is 1. The molecule has 124 valence electrons. The summed E-state index contributed by atoms with van der Waals surface area (Å²) in [5.74, 6) is 0.168. The third-order valence-corrected chi connectivity index (χ3v) is 2.94. The van der Waals surface area contributed by atoms with E-state index >= 15 is 0 Å². The third kappa shape index (κ3) is 6.12. The Bertz CT molecular complexity index is 569. The first-order valence-corrected chi connectivity index (χ1v) is 7.51. The molecule has 23 heavy (non-hydrogen) atoms. The molecule has 0 spiro atoms. The fourth-order valence-electron chi connectivity index (χ4n) is 1.88. The predicted octanol–water partition coefficient (Wildman–Crippen LogP) is 3.61. The van der Waals surface area contributed by atoms with Crippen molar-refractivity contribution in [2.45, 2.75) is 26.9 Å². The molecule has 0 saturated heterocycles. The van der Waals surface area contributed by atoms with Crippen LogP contribution >= 0.6 is 0 Å². The van der Waals surface area contributed by atoms with Crippen LogP contribution in [0.25, 0.3) is 12.2 Å². The van der Waals surface area contributed by atoms with Gasteiger partial charge in [0.25, 0.3) is 0 Å². The zero-order valence-electron chi connectivity index (χ0n) is 13.9. The largest absolute Gasteiger partial charge is 0.489 e.